The van der Waals surface area contributed by atoms with Gasteiger partial charge in [-0.15, -0.1) is 0 Å². The Balaban J connectivity index is 2.62. The predicted molar refractivity (Wildman–Crippen MR) is 13.9 cm³/mol. The fourth-order valence-corrected chi connectivity index (χ4v) is 9.07. The zero-order valence-corrected chi connectivity index (χ0v) is 14.3. The van der Waals surface area contributed by atoms with Crippen molar-refractivity contribution in [2.75, 3.05) is 0 Å². The van der Waals surface area contributed by atoms with Gasteiger partial charge < -0.3 is 0 Å². The zero-order chi connectivity index (χ0) is 4.12. The van der Waals surface area contributed by atoms with Crippen molar-refractivity contribution < 1.29 is 52.2 Å². The van der Waals surface area contributed by atoms with E-state index in [2.05, 4.69) is 9.66 Å². The third kappa shape index (κ3) is 5.61. The molecule has 0 heterocycles. The zero-order valence-electron chi connectivity index (χ0n) is 3.28. The first-order valence-corrected chi connectivity index (χ1v) is 8.71. The first kappa shape index (κ1) is 6.61. The summed E-state index contributed by atoms with van der Waals surface area (Å²) in [4.78, 5) is 0. The van der Waals surface area contributed by atoms with E-state index in [0.29, 0.717) is 0 Å². The van der Waals surface area contributed by atoms with E-state index in [0.717, 1.165) is 52.2 Å². The van der Waals surface area contributed by atoms with E-state index in [9.17, 15) is 0 Å². The molecular weight excluding hydrogens is 437 g/mol. The van der Waals surface area contributed by atoms with Crippen LogP contribution in [0.4, 0.5) is 0 Å². The van der Waals surface area contributed by atoms with Crippen molar-refractivity contribution in [3.8, 4) is 0 Å². The molecule has 0 aromatic carbocycles. The maximum atomic E-state index is 2.30. The van der Waals surface area contributed by atoms with Crippen LogP contribution in [0.25, 0.3) is 0 Å². The van der Waals surface area contributed by atoms with E-state index in [1.165, 1.54) is 3.93 Å². The number of hydrogen-bond acceptors (Lipinski definition) is 0. The normalized spacial score (nSPS) is 10.4. The molecule has 0 spiro atoms. The molecule has 0 radical (unpaired) electrons. The van der Waals surface area contributed by atoms with E-state index in [-0.39, 0.29) is 0 Å². The molecule has 0 bridgehead atoms. The van der Waals surface area contributed by atoms with Gasteiger partial charge in [-0.25, -0.2) is 0 Å². The molecule has 0 unspecified atom stereocenters. The standard InChI is InChI=1S/C3H4.2Hg/c1-3-2;;/h1,3H,2H2;;. The predicted octanol–water partition coefficient (Wildman–Crippen LogP) is 1.01. The Kier molecular flexibility index (Phi) is 7.42. The van der Waals surface area contributed by atoms with Crippen LogP contribution in [0.1, 0.15) is 0 Å². The van der Waals surface area contributed by atoms with Gasteiger partial charge >= 0.3 is 65.8 Å². The SMILES string of the molecule is [Hg][CH]=C[CH2][Hg]. The molecule has 0 nitrogen and oxygen atoms in total. The molecule has 0 fully saturated rings. The van der Waals surface area contributed by atoms with Crippen LogP contribution >= 0.6 is 0 Å². The second kappa shape index (κ2) is 5.61. The molecule has 0 saturated heterocycles. The molecule has 5 heavy (non-hydrogen) atoms. The summed E-state index contributed by atoms with van der Waals surface area (Å²) in [5, 5.41) is 0. The van der Waals surface area contributed by atoms with Crippen molar-refractivity contribution >= 4 is 0 Å². The molecular formula is C3H4Hg2. The van der Waals surface area contributed by atoms with E-state index in [4.69, 9.17) is 0 Å². The van der Waals surface area contributed by atoms with Crippen LogP contribution in [0.2, 0.25) is 3.93 Å². The molecule has 0 aromatic heterocycles. The average molecular weight is 441 g/mol. The van der Waals surface area contributed by atoms with Crippen molar-refractivity contribution in [1.82, 2.24) is 0 Å². The molecule has 0 aliphatic carbocycles. The summed E-state index contributed by atoms with van der Waals surface area (Å²) in [6, 6.07) is 0. The Labute approximate surface area is 65.0 Å². The molecule has 2 heteroatoms. The summed E-state index contributed by atoms with van der Waals surface area (Å²) in [7, 11) is 0. The first-order valence-electron chi connectivity index (χ1n) is 1.65. The Morgan fingerprint density at radius 3 is 2.20 bits per heavy atom. The van der Waals surface area contributed by atoms with Crippen LogP contribution in [0.5, 0.6) is 0 Å². The molecule has 0 N–H and O–H groups in total. The van der Waals surface area contributed by atoms with Crippen LogP contribution in [0.3, 0.4) is 0 Å². The van der Waals surface area contributed by atoms with Gasteiger partial charge in [-0.1, -0.05) is 0 Å². The van der Waals surface area contributed by atoms with Gasteiger partial charge in [-0.2, -0.15) is 0 Å². The summed E-state index contributed by atoms with van der Waals surface area (Å²) < 4.78 is 3.70. The van der Waals surface area contributed by atoms with Crippen LogP contribution in [0, 0.1) is 0 Å². The summed E-state index contributed by atoms with van der Waals surface area (Å²) in [6.45, 7) is 0. The summed E-state index contributed by atoms with van der Waals surface area (Å²) in [5.41, 5.74) is 0. The quantitative estimate of drug-likeness (QED) is 0.534. The summed E-state index contributed by atoms with van der Waals surface area (Å²) in [6.07, 6.45) is 2.30. The molecule has 0 rings (SSSR count). The second-order valence-corrected chi connectivity index (χ2v) is 4.84. The fraction of sp³-hybridized carbons (Fsp3) is 0.333. The van der Waals surface area contributed by atoms with Gasteiger partial charge in [0.25, 0.3) is 0 Å². The monoisotopic (exact) mass is 444 g/mol. The van der Waals surface area contributed by atoms with Crippen molar-refractivity contribution in [3.63, 3.8) is 0 Å². The third-order valence-electron chi connectivity index (χ3n) is 0.333. The van der Waals surface area contributed by atoms with Gasteiger partial charge in [-0.3, -0.25) is 0 Å². The van der Waals surface area contributed by atoms with Gasteiger partial charge in [0.05, 0.1) is 0 Å². The molecule has 0 atom stereocenters. The van der Waals surface area contributed by atoms with Gasteiger partial charge in [0.2, 0.25) is 0 Å². The topological polar surface area (TPSA) is 0 Å². The van der Waals surface area contributed by atoms with Gasteiger partial charge in [0, 0.05) is 0 Å². The fourth-order valence-electron chi connectivity index (χ4n) is 0.118. The average Bonchev–Trinajstić information content (AvgIpc) is 1.41. The van der Waals surface area contributed by atoms with E-state index >= 15 is 0 Å². The number of allylic oxidation sites excluding steroid dienone is 1. The van der Waals surface area contributed by atoms with Crippen molar-refractivity contribution in [1.29, 1.82) is 0 Å². The minimum absolute atomic E-state index is 0.924. The van der Waals surface area contributed by atoms with Crippen molar-refractivity contribution in [2.24, 2.45) is 0 Å². The Hall–Kier alpha value is 1.61. The Bertz CT molecular complexity index is 31.9. The molecule has 0 aromatic rings. The van der Waals surface area contributed by atoms with E-state index in [1.54, 1.807) is 0 Å². The van der Waals surface area contributed by atoms with Crippen molar-refractivity contribution in [3.05, 3.63) is 9.66 Å². The van der Waals surface area contributed by atoms with Gasteiger partial charge in [-0.05, 0) is 0 Å². The molecule has 0 amide bonds. The van der Waals surface area contributed by atoms with Gasteiger partial charge in [0.15, 0.2) is 0 Å². The van der Waals surface area contributed by atoms with Gasteiger partial charge in [0.1, 0.15) is 0 Å². The third-order valence-corrected chi connectivity index (χ3v) is 2.92. The first-order chi connectivity index (χ1) is 2.41. The van der Waals surface area contributed by atoms with Crippen LogP contribution in [0.15, 0.2) is 9.66 Å². The van der Waals surface area contributed by atoms with Crippen LogP contribution in [-0.2, 0) is 52.2 Å². The molecule has 0 aliphatic rings. The Morgan fingerprint density at radius 1 is 1.60 bits per heavy atom. The molecule has 0 aliphatic heterocycles. The Morgan fingerprint density at radius 2 is 2.20 bits per heavy atom. The number of hydrogen-bond donors (Lipinski definition) is 0. The summed E-state index contributed by atoms with van der Waals surface area (Å²) >= 11 is 1.94. The number of rotatable bonds is 1. The van der Waals surface area contributed by atoms with Crippen LogP contribution in [-0.4, -0.2) is 0 Å². The second-order valence-electron chi connectivity index (χ2n) is 0.760. The van der Waals surface area contributed by atoms with Crippen molar-refractivity contribution in [2.45, 2.75) is 3.93 Å². The minimum atomic E-state index is 0.924. The summed E-state index contributed by atoms with van der Waals surface area (Å²) in [5.74, 6) is 0. The molecule has 20 valence electrons. The van der Waals surface area contributed by atoms with E-state index in [1.807, 2.05) is 0 Å². The van der Waals surface area contributed by atoms with Crippen LogP contribution < -0.4 is 0 Å². The van der Waals surface area contributed by atoms with E-state index < -0.39 is 0 Å². The molecule has 0 saturated carbocycles. The maximum absolute atomic E-state index is 2.30.